The molecule has 5 nitrogen and oxygen atoms in total. The van der Waals surface area contributed by atoms with E-state index in [-0.39, 0.29) is 17.8 Å². The van der Waals surface area contributed by atoms with Gasteiger partial charge >= 0.3 is 0 Å². The average Bonchev–Trinajstić information content (AvgIpc) is 3.30. The molecule has 0 unspecified atom stereocenters. The number of pyridine rings is 1. The van der Waals surface area contributed by atoms with E-state index in [1.807, 2.05) is 24.0 Å². The fourth-order valence-corrected chi connectivity index (χ4v) is 3.69. The Balaban J connectivity index is 1.67. The van der Waals surface area contributed by atoms with Crippen molar-refractivity contribution in [1.82, 2.24) is 19.7 Å². The maximum absolute atomic E-state index is 13.2. The molecular weight excluding hydrogens is 343 g/mol. The molecule has 4 rings (SSSR count). The molecule has 0 aliphatic carbocycles. The summed E-state index contributed by atoms with van der Waals surface area (Å²) < 4.78 is 14.9. The highest BCUT2D eigenvalue weighted by molar-refractivity contribution is 5.94. The Hall–Kier alpha value is -3.02. The molecule has 1 aliphatic heterocycles. The quantitative estimate of drug-likeness (QED) is 0.708. The van der Waals surface area contributed by atoms with E-state index in [1.165, 1.54) is 12.1 Å². The maximum atomic E-state index is 13.2. The minimum absolute atomic E-state index is 0.0164. The van der Waals surface area contributed by atoms with Gasteiger partial charge in [0.15, 0.2) is 0 Å². The van der Waals surface area contributed by atoms with Gasteiger partial charge in [-0.1, -0.05) is 12.1 Å². The van der Waals surface area contributed by atoms with Gasteiger partial charge in [-0.3, -0.25) is 14.5 Å². The molecule has 1 saturated heterocycles. The molecule has 3 heterocycles. The summed E-state index contributed by atoms with van der Waals surface area (Å²) in [7, 11) is 1.80. The molecule has 1 aromatic carbocycles. The molecule has 0 bridgehead atoms. The largest absolute Gasteiger partial charge is 0.330 e. The third kappa shape index (κ3) is 3.47. The van der Waals surface area contributed by atoms with Crippen molar-refractivity contribution in [2.45, 2.75) is 25.8 Å². The van der Waals surface area contributed by atoms with Gasteiger partial charge in [-0.15, -0.1) is 0 Å². The summed E-state index contributed by atoms with van der Waals surface area (Å²) in [6.07, 6.45) is 5.17. The first kappa shape index (κ1) is 17.4. The fourth-order valence-electron chi connectivity index (χ4n) is 3.69. The molecule has 138 valence electrons. The van der Waals surface area contributed by atoms with E-state index < -0.39 is 0 Å². The lowest BCUT2D eigenvalue weighted by atomic mass is 10.0. The first-order valence-electron chi connectivity index (χ1n) is 9.05. The summed E-state index contributed by atoms with van der Waals surface area (Å²) in [5.41, 5.74) is 4.27. The Morgan fingerprint density at radius 2 is 1.96 bits per heavy atom. The summed E-state index contributed by atoms with van der Waals surface area (Å²) in [6, 6.07) is 10.4. The smallest absolute Gasteiger partial charge is 0.257 e. The fraction of sp³-hybridized carbons (Fsp3) is 0.286. The van der Waals surface area contributed by atoms with Crippen LogP contribution in [0, 0.1) is 12.7 Å². The van der Waals surface area contributed by atoms with Crippen molar-refractivity contribution in [3.05, 3.63) is 71.6 Å². The highest BCUT2D eigenvalue weighted by atomic mass is 19.1. The van der Waals surface area contributed by atoms with E-state index >= 15 is 0 Å². The summed E-state index contributed by atoms with van der Waals surface area (Å²) >= 11 is 0. The van der Waals surface area contributed by atoms with Gasteiger partial charge in [0.05, 0.1) is 23.5 Å². The van der Waals surface area contributed by atoms with Crippen molar-refractivity contribution < 1.29 is 9.18 Å². The van der Waals surface area contributed by atoms with E-state index in [4.69, 9.17) is 4.98 Å². The maximum Gasteiger partial charge on any atom is 0.257 e. The van der Waals surface area contributed by atoms with Crippen molar-refractivity contribution in [2.75, 3.05) is 6.54 Å². The van der Waals surface area contributed by atoms with Crippen molar-refractivity contribution >= 4 is 5.91 Å². The SMILES string of the molecule is Cc1cc(-c2ccc(F)cc2)cc([C@@H]2CCCN2C(=O)c2cnn(C)c2)n1. The molecule has 27 heavy (non-hydrogen) atoms. The van der Waals surface area contributed by atoms with Gasteiger partial charge in [0.1, 0.15) is 5.82 Å². The van der Waals surface area contributed by atoms with Crippen LogP contribution in [0.3, 0.4) is 0 Å². The molecule has 6 heteroatoms. The highest BCUT2D eigenvalue weighted by Crippen LogP contribution is 2.34. The molecule has 0 N–H and O–H groups in total. The number of aromatic nitrogens is 3. The van der Waals surface area contributed by atoms with Gasteiger partial charge in [0, 0.05) is 25.5 Å². The number of benzene rings is 1. The number of rotatable bonds is 3. The molecule has 0 spiro atoms. The topological polar surface area (TPSA) is 51.0 Å². The zero-order valence-corrected chi connectivity index (χ0v) is 15.4. The molecular formula is C21H21FN4O. The van der Waals surface area contributed by atoms with Crippen LogP contribution < -0.4 is 0 Å². The highest BCUT2D eigenvalue weighted by Gasteiger charge is 2.32. The van der Waals surface area contributed by atoms with E-state index in [0.29, 0.717) is 12.1 Å². The van der Waals surface area contributed by atoms with E-state index in [0.717, 1.165) is 35.4 Å². The summed E-state index contributed by atoms with van der Waals surface area (Å²) in [4.78, 5) is 19.5. The molecule has 1 fully saturated rings. The predicted molar refractivity (Wildman–Crippen MR) is 101 cm³/mol. The molecule has 2 aromatic heterocycles. The Morgan fingerprint density at radius 3 is 2.67 bits per heavy atom. The van der Waals surface area contributed by atoms with Crippen LogP contribution in [-0.2, 0) is 7.05 Å². The number of likely N-dealkylation sites (tertiary alicyclic amines) is 1. The van der Waals surface area contributed by atoms with Crippen LogP contribution in [0.25, 0.3) is 11.1 Å². The lowest BCUT2D eigenvalue weighted by molar-refractivity contribution is 0.0732. The van der Waals surface area contributed by atoms with Crippen LogP contribution in [0.2, 0.25) is 0 Å². The van der Waals surface area contributed by atoms with Crippen LogP contribution >= 0.6 is 0 Å². The Morgan fingerprint density at radius 1 is 1.19 bits per heavy atom. The first-order valence-corrected chi connectivity index (χ1v) is 9.05. The number of carbonyl (C=O) groups is 1. The van der Waals surface area contributed by atoms with Crippen molar-refractivity contribution in [2.24, 2.45) is 7.05 Å². The van der Waals surface area contributed by atoms with Crippen molar-refractivity contribution in [3.8, 4) is 11.1 Å². The van der Waals surface area contributed by atoms with Crippen LogP contribution in [0.5, 0.6) is 0 Å². The van der Waals surface area contributed by atoms with Crippen LogP contribution in [0.4, 0.5) is 4.39 Å². The molecule has 1 aliphatic rings. The van der Waals surface area contributed by atoms with Crippen molar-refractivity contribution in [1.29, 1.82) is 0 Å². The van der Waals surface area contributed by atoms with Gasteiger partial charge < -0.3 is 4.90 Å². The number of hydrogen-bond acceptors (Lipinski definition) is 3. The second-order valence-corrected chi connectivity index (χ2v) is 6.99. The van der Waals surface area contributed by atoms with E-state index in [1.54, 1.807) is 36.3 Å². The van der Waals surface area contributed by atoms with Gasteiger partial charge in [-0.2, -0.15) is 5.10 Å². The standard InChI is InChI=1S/C21H21FN4O/c1-14-10-16(15-5-7-18(22)8-6-15)11-19(24-14)20-4-3-9-26(20)21(27)17-12-23-25(2)13-17/h5-8,10-13,20H,3-4,9H2,1-2H3/t20-/m0/s1. The van der Waals surface area contributed by atoms with Gasteiger partial charge in [-0.05, 0) is 55.2 Å². The Labute approximate surface area is 157 Å². The zero-order valence-electron chi connectivity index (χ0n) is 15.4. The number of amides is 1. The summed E-state index contributed by atoms with van der Waals surface area (Å²) in [6.45, 7) is 2.65. The van der Waals surface area contributed by atoms with Crippen LogP contribution in [0.15, 0.2) is 48.8 Å². The third-order valence-electron chi connectivity index (χ3n) is 4.96. The number of hydrogen-bond donors (Lipinski definition) is 0. The Kier molecular flexibility index (Phi) is 4.48. The second-order valence-electron chi connectivity index (χ2n) is 6.99. The number of carbonyl (C=O) groups excluding carboxylic acids is 1. The predicted octanol–water partition coefficient (Wildman–Crippen LogP) is 3.91. The minimum Gasteiger partial charge on any atom is -0.330 e. The van der Waals surface area contributed by atoms with Gasteiger partial charge in [-0.25, -0.2) is 4.39 Å². The van der Waals surface area contributed by atoms with Crippen LogP contribution in [-0.4, -0.2) is 32.1 Å². The molecule has 0 saturated carbocycles. The summed E-state index contributed by atoms with van der Waals surface area (Å²) in [5, 5.41) is 4.10. The van der Waals surface area contributed by atoms with Gasteiger partial charge in [0.25, 0.3) is 5.91 Å². The second kappa shape index (κ2) is 6.95. The zero-order chi connectivity index (χ0) is 19.0. The lowest BCUT2D eigenvalue weighted by Gasteiger charge is -2.24. The number of halogens is 1. The van der Waals surface area contributed by atoms with Crippen LogP contribution in [0.1, 0.15) is 40.6 Å². The third-order valence-corrected chi connectivity index (χ3v) is 4.96. The minimum atomic E-state index is -0.256. The van der Waals surface area contributed by atoms with Gasteiger partial charge in [0.2, 0.25) is 0 Å². The molecule has 3 aromatic rings. The Bertz CT molecular complexity index is 980. The normalized spacial score (nSPS) is 16.7. The average molecular weight is 364 g/mol. The number of aryl methyl sites for hydroxylation is 2. The molecule has 1 amide bonds. The van der Waals surface area contributed by atoms with E-state index in [2.05, 4.69) is 5.10 Å². The summed E-state index contributed by atoms with van der Waals surface area (Å²) in [5.74, 6) is -0.272. The molecule has 1 atom stereocenters. The van der Waals surface area contributed by atoms with Crippen molar-refractivity contribution in [3.63, 3.8) is 0 Å². The lowest BCUT2D eigenvalue weighted by Crippen LogP contribution is -2.30. The molecule has 0 radical (unpaired) electrons. The number of nitrogens with zero attached hydrogens (tertiary/aromatic N) is 4. The monoisotopic (exact) mass is 364 g/mol. The van der Waals surface area contributed by atoms with E-state index in [9.17, 15) is 9.18 Å². The first-order chi connectivity index (χ1) is 13.0.